The van der Waals surface area contributed by atoms with Crippen molar-refractivity contribution < 1.29 is 10.0 Å². The summed E-state index contributed by atoms with van der Waals surface area (Å²) in [7, 11) is 0. The molecule has 0 fully saturated rings. The molecule has 0 saturated heterocycles. The Kier molecular flexibility index (Phi) is 11.0. The van der Waals surface area contributed by atoms with Gasteiger partial charge in [-0.05, 0) is 56.3 Å². The molecule has 2 aromatic carbocycles. The number of aryl methyl sites for hydroxylation is 1. The Morgan fingerprint density at radius 2 is 1.29 bits per heavy atom. The van der Waals surface area contributed by atoms with Crippen molar-refractivity contribution in [2.75, 3.05) is 19.6 Å². The second-order valence-electron chi connectivity index (χ2n) is 7.37. The molecule has 0 aliphatic rings. The van der Waals surface area contributed by atoms with Gasteiger partial charge < -0.3 is 4.90 Å². The van der Waals surface area contributed by atoms with Crippen molar-refractivity contribution in [3.63, 3.8) is 0 Å². The van der Waals surface area contributed by atoms with E-state index in [-0.39, 0.29) is 5.91 Å². The number of carbonyl (C=O) groups excluding carboxylic acids is 1. The van der Waals surface area contributed by atoms with E-state index in [1.165, 1.54) is 17.5 Å². The topological polar surface area (TPSA) is 52.6 Å². The number of hydroxylamine groups is 1. The predicted molar refractivity (Wildman–Crippen MR) is 114 cm³/mol. The number of amides is 1. The third-order valence-corrected chi connectivity index (χ3v) is 5.10. The SMILES string of the molecule is O=C(CCCCCCN(CCCc1ccccc1)CCc1ccccc1)NO. The number of hydrogen-bond donors (Lipinski definition) is 2. The van der Waals surface area contributed by atoms with Crippen LogP contribution in [0.4, 0.5) is 0 Å². The molecule has 0 heterocycles. The van der Waals surface area contributed by atoms with Crippen LogP contribution in [0, 0.1) is 0 Å². The Morgan fingerprint density at radius 1 is 0.714 bits per heavy atom. The largest absolute Gasteiger partial charge is 0.303 e. The Hall–Kier alpha value is -2.17. The minimum atomic E-state index is -0.287. The molecule has 0 spiro atoms. The average Bonchev–Trinajstić information content (AvgIpc) is 2.75. The summed E-state index contributed by atoms with van der Waals surface area (Å²) in [5.74, 6) is -0.287. The van der Waals surface area contributed by atoms with Gasteiger partial charge >= 0.3 is 0 Å². The normalized spacial score (nSPS) is 10.9. The molecular formula is C24H34N2O2. The van der Waals surface area contributed by atoms with Gasteiger partial charge in [-0.25, -0.2) is 5.48 Å². The number of carbonyl (C=O) groups is 1. The number of benzene rings is 2. The summed E-state index contributed by atoms with van der Waals surface area (Å²) in [6, 6.07) is 21.4. The lowest BCUT2D eigenvalue weighted by molar-refractivity contribution is -0.129. The quantitative estimate of drug-likeness (QED) is 0.285. The summed E-state index contributed by atoms with van der Waals surface area (Å²) < 4.78 is 0. The molecule has 4 heteroatoms. The summed E-state index contributed by atoms with van der Waals surface area (Å²) in [5.41, 5.74) is 4.50. The van der Waals surface area contributed by atoms with Crippen molar-refractivity contribution in [2.45, 2.75) is 51.4 Å². The van der Waals surface area contributed by atoms with Gasteiger partial charge in [-0.1, -0.05) is 73.5 Å². The highest BCUT2D eigenvalue weighted by Gasteiger charge is 2.06. The third-order valence-electron chi connectivity index (χ3n) is 5.10. The van der Waals surface area contributed by atoms with Crippen LogP contribution in [0.2, 0.25) is 0 Å². The number of hydrogen-bond acceptors (Lipinski definition) is 3. The van der Waals surface area contributed by atoms with Crippen LogP contribution in [-0.4, -0.2) is 35.6 Å². The standard InChI is InChI=1S/C24H34N2O2/c27-24(25-28)17-9-1-2-10-19-26(21-18-23-14-7-4-8-15-23)20-11-16-22-12-5-3-6-13-22/h3-8,12-15,28H,1-2,9-11,16-21H2,(H,25,27). The fraction of sp³-hybridized carbons (Fsp3) is 0.458. The first-order chi connectivity index (χ1) is 13.8. The van der Waals surface area contributed by atoms with Crippen molar-refractivity contribution in [1.29, 1.82) is 0 Å². The fourth-order valence-corrected chi connectivity index (χ4v) is 3.45. The molecule has 0 aliphatic heterocycles. The molecule has 0 unspecified atom stereocenters. The lowest BCUT2D eigenvalue weighted by atomic mass is 10.1. The molecule has 152 valence electrons. The smallest absolute Gasteiger partial charge is 0.243 e. The van der Waals surface area contributed by atoms with Crippen LogP contribution in [-0.2, 0) is 17.6 Å². The highest BCUT2D eigenvalue weighted by atomic mass is 16.5. The van der Waals surface area contributed by atoms with Crippen molar-refractivity contribution in [3.05, 3.63) is 71.8 Å². The number of unbranched alkanes of at least 4 members (excludes halogenated alkanes) is 3. The van der Waals surface area contributed by atoms with Crippen LogP contribution in [0.25, 0.3) is 0 Å². The van der Waals surface area contributed by atoms with Crippen LogP contribution < -0.4 is 5.48 Å². The molecule has 0 atom stereocenters. The van der Waals surface area contributed by atoms with E-state index in [0.29, 0.717) is 6.42 Å². The second-order valence-corrected chi connectivity index (χ2v) is 7.37. The first-order valence-electron chi connectivity index (χ1n) is 10.5. The zero-order chi connectivity index (χ0) is 19.9. The van der Waals surface area contributed by atoms with E-state index in [1.54, 1.807) is 5.48 Å². The summed E-state index contributed by atoms with van der Waals surface area (Å²) in [5, 5.41) is 8.52. The zero-order valence-electron chi connectivity index (χ0n) is 16.9. The maximum atomic E-state index is 11.0. The number of nitrogens with one attached hydrogen (secondary N) is 1. The minimum Gasteiger partial charge on any atom is -0.303 e. The van der Waals surface area contributed by atoms with Crippen molar-refractivity contribution in [1.82, 2.24) is 10.4 Å². The van der Waals surface area contributed by atoms with E-state index in [9.17, 15) is 4.79 Å². The van der Waals surface area contributed by atoms with Crippen LogP contribution in [0.3, 0.4) is 0 Å². The van der Waals surface area contributed by atoms with Gasteiger partial charge in [-0.15, -0.1) is 0 Å². The molecule has 4 nitrogen and oxygen atoms in total. The highest BCUT2D eigenvalue weighted by Crippen LogP contribution is 2.09. The molecule has 28 heavy (non-hydrogen) atoms. The molecule has 1 amide bonds. The molecule has 0 radical (unpaired) electrons. The van der Waals surface area contributed by atoms with Gasteiger partial charge in [0.1, 0.15) is 0 Å². The molecule has 0 aliphatic carbocycles. The molecule has 0 bridgehead atoms. The van der Waals surface area contributed by atoms with Crippen LogP contribution in [0.5, 0.6) is 0 Å². The maximum absolute atomic E-state index is 11.0. The van der Waals surface area contributed by atoms with Gasteiger partial charge in [-0.2, -0.15) is 0 Å². The first kappa shape index (κ1) is 22.1. The van der Waals surface area contributed by atoms with Crippen molar-refractivity contribution in [2.24, 2.45) is 0 Å². The maximum Gasteiger partial charge on any atom is 0.243 e. The fourth-order valence-electron chi connectivity index (χ4n) is 3.45. The van der Waals surface area contributed by atoms with Gasteiger partial charge in [0, 0.05) is 13.0 Å². The predicted octanol–water partition coefficient (Wildman–Crippen LogP) is 4.62. The summed E-state index contributed by atoms with van der Waals surface area (Å²) in [6.07, 6.45) is 7.94. The van der Waals surface area contributed by atoms with Crippen LogP contribution in [0.15, 0.2) is 60.7 Å². The van der Waals surface area contributed by atoms with Crippen molar-refractivity contribution >= 4 is 5.91 Å². The van der Waals surface area contributed by atoms with E-state index in [1.807, 2.05) is 0 Å². The summed E-state index contributed by atoms with van der Waals surface area (Å²) >= 11 is 0. The highest BCUT2D eigenvalue weighted by molar-refractivity contribution is 5.74. The Bertz CT molecular complexity index is 646. The van der Waals surface area contributed by atoms with Gasteiger partial charge in [-0.3, -0.25) is 10.0 Å². The van der Waals surface area contributed by atoms with E-state index >= 15 is 0 Å². The lowest BCUT2D eigenvalue weighted by Gasteiger charge is -2.22. The van der Waals surface area contributed by atoms with Crippen LogP contribution >= 0.6 is 0 Å². The van der Waals surface area contributed by atoms with Gasteiger partial charge in [0.2, 0.25) is 5.91 Å². The number of nitrogens with zero attached hydrogens (tertiary/aromatic N) is 1. The zero-order valence-corrected chi connectivity index (χ0v) is 16.9. The summed E-state index contributed by atoms with van der Waals surface area (Å²) in [4.78, 5) is 13.6. The Labute approximate surface area is 169 Å². The molecule has 2 rings (SSSR count). The monoisotopic (exact) mass is 382 g/mol. The Balaban J connectivity index is 1.70. The van der Waals surface area contributed by atoms with E-state index in [2.05, 4.69) is 65.6 Å². The van der Waals surface area contributed by atoms with E-state index < -0.39 is 0 Å². The minimum absolute atomic E-state index is 0.287. The van der Waals surface area contributed by atoms with Gasteiger partial charge in [0.25, 0.3) is 0 Å². The third kappa shape index (κ3) is 9.67. The first-order valence-corrected chi connectivity index (χ1v) is 10.5. The molecule has 0 saturated carbocycles. The molecule has 2 aromatic rings. The van der Waals surface area contributed by atoms with Crippen molar-refractivity contribution in [3.8, 4) is 0 Å². The van der Waals surface area contributed by atoms with E-state index in [4.69, 9.17) is 5.21 Å². The van der Waals surface area contributed by atoms with E-state index in [0.717, 1.165) is 58.2 Å². The lowest BCUT2D eigenvalue weighted by Crippen LogP contribution is -2.28. The molecule has 0 aromatic heterocycles. The van der Waals surface area contributed by atoms with Gasteiger partial charge in [0.05, 0.1) is 0 Å². The summed E-state index contributed by atoms with van der Waals surface area (Å²) in [6.45, 7) is 3.31. The van der Waals surface area contributed by atoms with Gasteiger partial charge in [0.15, 0.2) is 0 Å². The molecule has 2 N–H and O–H groups in total. The Morgan fingerprint density at radius 3 is 1.93 bits per heavy atom. The average molecular weight is 383 g/mol. The van der Waals surface area contributed by atoms with Crippen LogP contribution in [0.1, 0.15) is 49.7 Å². The second kappa shape index (κ2) is 13.9. The molecular weight excluding hydrogens is 348 g/mol. The number of rotatable bonds is 14.